The van der Waals surface area contributed by atoms with E-state index in [1.807, 2.05) is 27.7 Å². The first-order chi connectivity index (χ1) is 13.7. The molecule has 0 aliphatic carbocycles. The summed E-state index contributed by atoms with van der Waals surface area (Å²) in [7, 11) is 0. The van der Waals surface area contributed by atoms with Gasteiger partial charge < -0.3 is 15.8 Å². The molecular weight excluding hydrogens is 370 g/mol. The van der Waals surface area contributed by atoms with Gasteiger partial charge in [-0.1, -0.05) is 20.8 Å². The second-order valence-electron chi connectivity index (χ2n) is 8.13. The van der Waals surface area contributed by atoms with Crippen LogP contribution >= 0.6 is 0 Å². The quantitative estimate of drug-likeness (QED) is 0.454. The molecule has 29 heavy (non-hydrogen) atoms. The monoisotopic (exact) mass is 399 g/mol. The number of anilines is 1. The van der Waals surface area contributed by atoms with Gasteiger partial charge in [-0.05, 0) is 32.9 Å². The maximum absolute atomic E-state index is 8.21. The highest BCUT2D eigenvalue weighted by Gasteiger charge is 2.25. The minimum Gasteiger partial charge on any atom is -0.423 e. The molecule has 0 unspecified atom stereocenters. The smallest absolute Gasteiger partial charge is 0.243 e. The zero-order valence-electron chi connectivity index (χ0n) is 17.4. The third-order valence-electron chi connectivity index (χ3n) is 4.82. The van der Waals surface area contributed by atoms with E-state index in [9.17, 15) is 0 Å². The lowest BCUT2D eigenvalue weighted by Gasteiger charge is -2.19. The van der Waals surface area contributed by atoms with Gasteiger partial charge in [0, 0.05) is 17.9 Å². The third-order valence-corrected chi connectivity index (χ3v) is 4.82. The molecular formula is C19H29N9O. The number of nitrogens with two attached hydrogens (primary N) is 1. The summed E-state index contributed by atoms with van der Waals surface area (Å²) in [5.74, 6) is 1.44. The van der Waals surface area contributed by atoms with E-state index < -0.39 is 5.41 Å². The summed E-state index contributed by atoms with van der Waals surface area (Å²) < 4.78 is 7.16. The zero-order chi connectivity index (χ0) is 21.2. The largest absolute Gasteiger partial charge is 0.423 e. The average molecular weight is 400 g/mol. The predicted octanol–water partition coefficient (Wildman–Crippen LogP) is 2.17. The number of hydrogen-bond acceptors (Lipinski definition) is 9. The molecule has 0 spiro atoms. The van der Waals surface area contributed by atoms with Gasteiger partial charge in [-0.15, -0.1) is 0 Å². The highest BCUT2D eigenvalue weighted by atomic mass is 16.5. The molecule has 1 saturated heterocycles. The molecule has 2 aromatic heterocycles. The molecule has 5 N–H and O–H groups in total. The van der Waals surface area contributed by atoms with Crippen LogP contribution in [0.2, 0.25) is 0 Å². The Labute approximate surface area is 170 Å². The Balaban J connectivity index is 1.92. The van der Waals surface area contributed by atoms with Crippen molar-refractivity contribution in [1.82, 2.24) is 30.0 Å². The Morgan fingerprint density at radius 1 is 1.28 bits per heavy atom. The van der Waals surface area contributed by atoms with Crippen molar-refractivity contribution in [2.45, 2.75) is 53.0 Å². The van der Waals surface area contributed by atoms with E-state index in [0.29, 0.717) is 24.0 Å². The first kappa shape index (κ1) is 20.8. The van der Waals surface area contributed by atoms with Crippen LogP contribution in [0.3, 0.4) is 0 Å². The zero-order valence-corrected chi connectivity index (χ0v) is 17.4. The molecule has 0 saturated carbocycles. The summed E-state index contributed by atoms with van der Waals surface area (Å²) in [5, 5.41) is 24.2. The number of aryl methyl sites for hydroxylation is 1. The van der Waals surface area contributed by atoms with Crippen LogP contribution in [0.15, 0.2) is 6.20 Å². The molecule has 1 fully saturated rings. The lowest BCUT2D eigenvalue weighted by Crippen LogP contribution is -2.27. The van der Waals surface area contributed by atoms with E-state index in [0.717, 1.165) is 31.8 Å². The van der Waals surface area contributed by atoms with Gasteiger partial charge in [-0.25, -0.2) is 19.6 Å². The number of aromatic nitrogens is 5. The number of nitrogens with zero attached hydrogens (tertiary/aromatic N) is 5. The summed E-state index contributed by atoms with van der Waals surface area (Å²) in [4.78, 5) is 13.4. The van der Waals surface area contributed by atoms with Crippen LogP contribution in [-0.4, -0.2) is 49.6 Å². The number of nitrogens with one attached hydrogen (secondary N) is 3. The number of piperidine rings is 1. The van der Waals surface area contributed by atoms with Crippen LogP contribution in [0.25, 0.3) is 11.5 Å². The number of ether oxygens (including phenoxy) is 1. The molecule has 10 heteroatoms. The van der Waals surface area contributed by atoms with Crippen molar-refractivity contribution in [3.8, 4) is 11.5 Å². The van der Waals surface area contributed by atoms with Crippen LogP contribution in [0.4, 0.5) is 5.82 Å². The fraction of sp³-hybridized carbons (Fsp3) is 0.579. The number of hydrogen-bond donors (Lipinski definition) is 4. The lowest BCUT2D eigenvalue weighted by molar-refractivity contribution is 0.419. The highest BCUT2D eigenvalue weighted by molar-refractivity contribution is 6.01. The highest BCUT2D eigenvalue weighted by Crippen LogP contribution is 2.26. The van der Waals surface area contributed by atoms with Gasteiger partial charge in [0.2, 0.25) is 5.90 Å². The van der Waals surface area contributed by atoms with E-state index >= 15 is 0 Å². The maximum atomic E-state index is 8.21. The molecule has 1 aliphatic heterocycles. The molecule has 2 aromatic rings. The molecule has 0 aromatic carbocycles. The first-order valence-corrected chi connectivity index (χ1v) is 9.84. The maximum Gasteiger partial charge on any atom is 0.243 e. The van der Waals surface area contributed by atoms with Crippen molar-refractivity contribution >= 4 is 17.6 Å². The Morgan fingerprint density at radius 2 is 1.97 bits per heavy atom. The molecule has 10 nitrogen and oxygen atoms in total. The Bertz CT molecular complexity index is 907. The van der Waals surface area contributed by atoms with Gasteiger partial charge in [-0.2, -0.15) is 5.10 Å². The molecule has 3 heterocycles. The molecule has 3 rings (SSSR count). The first-order valence-electron chi connectivity index (χ1n) is 9.84. The molecule has 0 amide bonds. The second kappa shape index (κ2) is 8.24. The molecule has 0 radical (unpaired) electrons. The SMILES string of the molecule is CCn1nc(C2CCNCC2)nc1-c1cnc(N)c(C(=N)OC(=N)C(C)(C)C)n1. The van der Waals surface area contributed by atoms with E-state index in [-0.39, 0.29) is 23.3 Å². The van der Waals surface area contributed by atoms with E-state index in [4.69, 9.17) is 26.3 Å². The van der Waals surface area contributed by atoms with Gasteiger partial charge in [-0.3, -0.25) is 10.8 Å². The van der Waals surface area contributed by atoms with Crippen molar-refractivity contribution in [2.75, 3.05) is 18.8 Å². The van der Waals surface area contributed by atoms with E-state index in [2.05, 4.69) is 20.4 Å². The lowest BCUT2D eigenvalue weighted by atomic mass is 9.97. The van der Waals surface area contributed by atoms with Crippen molar-refractivity contribution in [1.29, 1.82) is 10.8 Å². The van der Waals surface area contributed by atoms with Crippen molar-refractivity contribution in [3.05, 3.63) is 17.7 Å². The van der Waals surface area contributed by atoms with Gasteiger partial charge in [0.1, 0.15) is 5.69 Å². The third kappa shape index (κ3) is 4.58. The fourth-order valence-electron chi connectivity index (χ4n) is 3.00. The number of nitrogen functional groups attached to an aromatic ring is 1. The van der Waals surface area contributed by atoms with E-state index in [1.54, 1.807) is 4.68 Å². The van der Waals surface area contributed by atoms with Gasteiger partial charge >= 0.3 is 0 Å². The summed E-state index contributed by atoms with van der Waals surface area (Å²) in [6.45, 7) is 10.0. The standard InChI is InChI=1S/C19H29N9O/c1-5-28-17(26-16(27-28)11-6-8-23-9-7-11)12-10-24-14(20)13(25-12)15(21)29-18(22)19(2,3)4/h10-11,21-23H,5-9H2,1-4H3,(H2,20,24). The van der Waals surface area contributed by atoms with E-state index in [1.165, 1.54) is 6.20 Å². The van der Waals surface area contributed by atoms with Crippen LogP contribution in [-0.2, 0) is 11.3 Å². The molecule has 0 atom stereocenters. The minimum absolute atomic E-state index is 0.0426. The van der Waals surface area contributed by atoms with Gasteiger partial charge in [0.25, 0.3) is 0 Å². The summed E-state index contributed by atoms with van der Waals surface area (Å²) in [5.41, 5.74) is 5.96. The topological polar surface area (TPSA) is 151 Å². The Morgan fingerprint density at radius 3 is 2.59 bits per heavy atom. The van der Waals surface area contributed by atoms with Gasteiger partial charge in [0.15, 0.2) is 29.1 Å². The normalized spacial score (nSPS) is 15.3. The summed E-state index contributed by atoms with van der Waals surface area (Å²) in [6.07, 6.45) is 3.53. The minimum atomic E-state index is -0.530. The van der Waals surface area contributed by atoms with Crippen LogP contribution < -0.4 is 11.1 Å². The van der Waals surface area contributed by atoms with Gasteiger partial charge in [0.05, 0.1) is 6.20 Å². The average Bonchev–Trinajstić information content (AvgIpc) is 3.12. The van der Waals surface area contributed by atoms with Crippen LogP contribution in [0.1, 0.15) is 58.0 Å². The Kier molecular flexibility index (Phi) is 5.92. The van der Waals surface area contributed by atoms with Crippen molar-refractivity contribution < 1.29 is 4.74 Å². The molecule has 1 aliphatic rings. The van der Waals surface area contributed by atoms with Crippen molar-refractivity contribution in [2.24, 2.45) is 5.41 Å². The van der Waals surface area contributed by atoms with Crippen molar-refractivity contribution in [3.63, 3.8) is 0 Å². The molecule has 156 valence electrons. The Hall–Kier alpha value is -2.88. The van der Waals surface area contributed by atoms with Crippen LogP contribution in [0.5, 0.6) is 0 Å². The van der Waals surface area contributed by atoms with Crippen LogP contribution in [0, 0.1) is 16.2 Å². The predicted molar refractivity (Wildman–Crippen MR) is 111 cm³/mol. The summed E-state index contributed by atoms with van der Waals surface area (Å²) >= 11 is 0. The second-order valence-corrected chi connectivity index (χ2v) is 8.13. The fourth-order valence-corrected chi connectivity index (χ4v) is 3.00. The number of rotatable bonds is 4. The summed E-state index contributed by atoms with van der Waals surface area (Å²) in [6, 6.07) is 0. The molecule has 0 bridgehead atoms.